The molecule has 4 N–H and O–H groups in total. The third-order valence-electron chi connectivity index (χ3n) is 4.16. The molecule has 0 saturated carbocycles. The molecule has 3 rings (SSSR count). The highest BCUT2D eigenvalue weighted by Crippen LogP contribution is 2.27. The van der Waals surface area contributed by atoms with Crippen molar-refractivity contribution in [2.45, 2.75) is 19.6 Å². The van der Waals surface area contributed by atoms with E-state index < -0.39 is 5.97 Å². The third kappa shape index (κ3) is 6.71. The molecule has 3 aromatic rings. The summed E-state index contributed by atoms with van der Waals surface area (Å²) in [5.74, 6) is -0.290. The van der Waals surface area contributed by atoms with Crippen LogP contribution in [-0.4, -0.2) is 23.3 Å². The van der Waals surface area contributed by atoms with Crippen LogP contribution in [0.2, 0.25) is 0 Å². The first-order valence-electron chi connectivity index (χ1n) is 9.01. The molecule has 0 heterocycles. The number of carboxylic acid groups (broad SMARTS) is 1. The molecule has 3 aromatic carbocycles. The fourth-order valence-corrected chi connectivity index (χ4v) is 3.43. The molecule has 0 aliphatic rings. The van der Waals surface area contributed by atoms with Gasteiger partial charge in [-0.2, -0.15) is 0 Å². The Labute approximate surface area is 178 Å². The maximum atomic E-state index is 11.0. The van der Waals surface area contributed by atoms with Crippen LogP contribution in [0.15, 0.2) is 71.2 Å². The van der Waals surface area contributed by atoms with Crippen LogP contribution >= 0.6 is 15.9 Å². The van der Waals surface area contributed by atoms with E-state index in [1.54, 1.807) is 12.1 Å². The number of benzene rings is 3. The van der Waals surface area contributed by atoms with Crippen LogP contribution in [0.4, 0.5) is 0 Å². The predicted octanol–water partition coefficient (Wildman–Crippen LogP) is 4.39. The van der Waals surface area contributed by atoms with Gasteiger partial charge in [-0.3, -0.25) is 4.79 Å². The van der Waals surface area contributed by atoms with Gasteiger partial charge in [-0.25, -0.2) is 0 Å². The SMILES string of the molecule is CO.NCc1cccc(-c2cc(Br)cc(COc3ccccc3CC(=O)O)c2)c1. The number of carbonyl (C=O) groups is 1. The minimum absolute atomic E-state index is 0.0637. The van der Waals surface area contributed by atoms with Crippen molar-refractivity contribution in [3.8, 4) is 16.9 Å². The molecule has 0 atom stereocenters. The largest absolute Gasteiger partial charge is 0.489 e. The van der Waals surface area contributed by atoms with Crippen molar-refractivity contribution in [1.29, 1.82) is 0 Å². The van der Waals surface area contributed by atoms with E-state index in [9.17, 15) is 4.79 Å². The lowest BCUT2D eigenvalue weighted by molar-refractivity contribution is -0.136. The van der Waals surface area contributed by atoms with Crippen LogP contribution in [0, 0.1) is 0 Å². The number of hydrogen-bond donors (Lipinski definition) is 3. The normalized spacial score (nSPS) is 10.1. The highest BCUT2D eigenvalue weighted by Gasteiger charge is 2.09. The van der Waals surface area contributed by atoms with E-state index in [1.165, 1.54) is 0 Å². The molecule has 0 amide bonds. The summed E-state index contributed by atoms with van der Waals surface area (Å²) >= 11 is 3.56. The van der Waals surface area contributed by atoms with Gasteiger partial charge in [0.25, 0.3) is 0 Å². The van der Waals surface area contributed by atoms with E-state index in [0.717, 1.165) is 33.8 Å². The molecule has 0 unspecified atom stereocenters. The number of nitrogens with two attached hydrogens (primary N) is 1. The molecule has 0 bridgehead atoms. The smallest absolute Gasteiger partial charge is 0.307 e. The predicted molar refractivity (Wildman–Crippen MR) is 118 cm³/mol. The van der Waals surface area contributed by atoms with Gasteiger partial charge in [-0.1, -0.05) is 52.3 Å². The van der Waals surface area contributed by atoms with Gasteiger partial charge in [0.15, 0.2) is 0 Å². The molecular formula is C23H24BrNO4. The van der Waals surface area contributed by atoms with Gasteiger partial charge in [0.1, 0.15) is 12.4 Å². The van der Waals surface area contributed by atoms with Crippen molar-refractivity contribution in [2.24, 2.45) is 5.73 Å². The number of ether oxygens (including phenoxy) is 1. The van der Waals surface area contributed by atoms with Crippen molar-refractivity contribution >= 4 is 21.9 Å². The molecule has 0 saturated heterocycles. The number of halogens is 1. The quantitative estimate of drug-likeness (QED) is 0.489. The van der Waals surface area contributed by atoms with E-state index in [0.29, 0.717) is 24.5 Å². The Bertz CT molecular complexity index is 959. The summed E-state index contributed by atoms with van der Waals surface area (Å²) in [5, 5.41) is 16.0. The summed E-state index contributed by atoms with van der Waals surface area (Å²) in [4.78, 5) is 11.0. The van der Waals surface area contributed by atoms with Gasteiger partial charge >= 0.3 is 5.97 Å². The van der Waals surface area contributed by atoms with Crippen LogP contribution in [0.5, 0.6) is 5.75 Å². The second-order valence-electron chi connectivity index (χ2n) is 6.22. The second-order valence-corrected chi connectivity index (χ2v) is 7.14. The topological polar surface area (TPSA) is 92.8 Å². The summed E-state index contributed by atoms with van der Waals surface area (Å²) in [6, 6.07) is 21.5. The van der Waals surface area contributed by atoms with Crippen LogP contribution in [0.1, 0.15) is 16.7 Å². The first kappa shape index (κ1) is 22.6. The van der Waals surface area contributed by atoms with E-state index in [2.05, 4.69) is 34.1 Å². The van der Waals surface area contributed by atoms with Crippen LogP contribution in [0.3, 0.4) is 0 Å². The first-order chi connectivity index (χ1) is 14.0. The number of rotatable bonds is 7. The van der Waals surface area contributed by atoms with Gasteiger partial charge in [0, 0.05) is 23.7 Å². The molecule has 152 valence electrons. The second kappa shape index (κ2) is 11.4. The Hall–Kier alpha value is -2.67. The molecule has 0 aliphatic carbocycles. The Balaban J connectivity index is 0.00000145. The molecule has 0 aromatic heterocycles. The number of hydrogen-bond acceptors (Lipinski definition) is 4. The molecule has 6 heteroatoms. The molecule has 0 aliphatic heterocycles. The third-order valence-corrected chi connectivity index (χ3v) is 4.62. The average Bonchev–Trinajstić information content (AvgIpc) is 2.74. The lowest BCUT2D eigenvalue weighted by atomic mass is 10.0. The van der Waals surface area contributed by atoms with Crippen LogP contribution < -0.4 is 10.5 Å². The lowest BCUT2D eigenvalue weighted by Crippen LogP contribution is -2.04. The maximum Gasteiger partial charge on any atom is 0.307 e. The minimum Gasteiger partial charge on any atom is -0.489 e. The fraction of sp³-hybridized carbons (Fsp3) is 0.174. The average molecular weight is 458 g/mol. The summed E-state index contributed by atoms with van der Waals surface area (Å²) in [6.45, 7) is 0.845. The molecule has 0 spiro atoms. The number of carboxylic acids is 1. The highest BCUT2D eigenvalue weighted by molar-refractivity contribution is 9.10. The van der Waals surface area contributed by atoms with Gasteiger partial charge in [-0.05, 0) is 52.6 Å². The monoisotopic (exact) mass is 457 g/mol. The summed E-state index contributed by atoms with van der Waals surface area (Å²) < 4.78 is 6.86. The maximum absolute atomic E-state index is 11.0. The first-order valence-corrected chi connectivity index (χ1v) is 9.80. The number of para-hydroxylation sites is 1. The van der Waals surface area contributed by atoms with E-state index >= 15 is 0 Å². The minimum atomic E-state index is -0.879. The van der Waals surface area contributed by atoms with Crippen molar-refractivity contribution in [1.82, 2.24) is 0 Å². The van der Waals surface area contributed by atoms with E-state index in [-0.39, 0.29) is 6.42 Å². The van der Waals surface area contributed by atoms with Crippen molar-refractivity contribution in [2.75, 3.05) is 7.11 Å². The highest BCUT2D eigenvalue weighted by atomic mass is 79.9. The number of aliphatic hydroxyl groups excluding tert-OH is 1. The zero-order valence-corrected chi connectivity index (χ0v) is 17.7. The van der Waals surface area contributed by atoms with Gasteiger partial charge in [-0.15, -0.1) is 0 Å². The van der Waals surface area contributed by atoms with Crippen LogP contribution in [0.25, 0.3) is 11.1 Å². The zero-order chi connectivity index (χ0) is 21.2. The molecule has 0 radical (unpaired) electrons. The fourth-order valence-electron chi connectivity index (χ4n) is 2.89. The van der Waals surface area contributed by atoms with Gasteiger partial charge in [0.2, 0.25) is 0 Å². The number of aliphatic carboxylic acids is 1. The van der Waals surface area contributed by atoms with Crippen molar-refractivity contribution in [3.63, 3.8) is 0 Å². The molecular weight excluding hydrogens is 434 g/mol. The number of aliphatic hydroxyl groups is 1. The molecule has 5 nitrogen and oxygen atoms in total. The van der Waals surface area contributed by atoms with Gasteiger partial charge in [0.05, 0.1) is 6.42 Å². The van der Waals surface area contributed by atoms with Crippen LogP contribution in [-0.2, 0) is 24.4 Å². The summed E-state index contributed by atoms with van der Waals surface area (Å²) in [5.41, 5.74) is 10.6. The Morgan fingerprint density at radius 1 is 0.966 bits per heavy atom. The zero-order valence-electron chi connectivity index (χ0n) is 16.1. The van der Waals surface area contributed by atoms with Crippen molar-refractivity contribution < 1.29 is 19.7 Å². The summed E-state index contributed by atoms with van der Waals surface area (Å²) in [6.07, 6.45) is -0.0637. The lowest BCUT2D eigenvalue weighted by Gasteiger charge is -2.12. The van der Waals surface area contributed by atoms with E-state index in [4.69, 9.17) is 20.7 Å². The standard InChI is InChI=1S/C22H20BrNO3.CH4O/c23-20-10-16(9-19(11-20)17-6-3-4-15(8-17)13-24)14-27-21-7-2-1-5-18(21)12-22(25)26;1-2/h1-11H,12-14,24H2,(H,25,26);2H,1H3. The van der Waals surface area contributed by atoms with E-state index in [1.807, 2.05) is 36.4 Å². The Morgan fingerprint density at radius 2 is 1.69 bits per heavy atom. The van der Waals surface area contributed by atoms with Gasteiger partial charge < -0.3 is 20.7 Å². The van der Waals surface area contributed by atoms with Crippen molar-refractivity contribution in [3.05, 3.63) is 87.9 Å². The molecule has 29 heavy (non-hydrogen) atoms. The summed E-state index contributed by atoms with van der Waals surface area (Å²) in [7, 11) is 1.00. The Morgan fingerprint density at radius 3 is 2.41 bits per heavy atom. The Kier molecular flexibility index (Phi) is 8.86. The molecule has 0 fully saturated rings.